The maximum atomic E-state index is 13.3. The lowest BCUT2D eigenvalue weighted by Gasteiger charge is -2.27. The zero-order valence-electron chi connectivity index (χ0n) is 18.1. The van der Waals surface area contributed by atoms with Gasteiger partial charge in [0.05, 0.1) is 15.9 Å². The quantitative estimate of drug-likeness (QED) is 0.381. The highest BCUT2D eigenvalue weighted by atomic mass is 32.2. The molecule has 2 rings (SSSR count). The number of primary sulfonamides is 1. The minimum absolute atomic E-state index is 0.00985. The first-order chi connectivity index (χ1) is 14.8. The standard InChI is InChI=1S/C21H27FN4O5S/c1-21(2,3)13-18(14-4-6-15(22)7-5-14)25-20(27)10-11-24-17-9-8-16(32(23,30)31)12-19(17)26(28)29/h4-9,12,18,24H,10-11,13H2,1-3H3,(H,25,27)(H2,23,30,31). The van der Waals surface area contributed by atoms with E-state index in [1.807, 2.05) is 20.8 Å². The Labute approximate surface area is 186 Å². The van der Waals surface area contributed by atoms with E-state index in [0.717, 1.165) is 17.7 Å². The number of nitro groups is 1. The van der Waals surface area contributed by atoms with Gasteiger partial charge in [-0.2, -0.15) is 0 Å². The molecule has 11 heteroatoms. The fourth-order valence-corrected chi connectivity index (χ4v) is 3.66. The van der Waals surface area contributed by atoms with Crippen molar-refractivity contribution < 1.29 is 22.5 Å². The van der Waals surface area contributed by atoms with Gasteiger partial charge in [-0.15, -0.1) is 0 Å². The summed E-state index contributed by atoms with van der Waals surface area (Å²) in [6, 6.07) is 8.85. The van der Waals surface area contributed by atoms with E-state index < -0.39 is 20.6 Å². The van der Waals surface area contributed by atoms with Crippen molar-refractivity contribution in [2.24, 2.45) is 10.6 Å². The van der Waals surface area contributed by atoms with Crippen molar-refractivity contribution in [2.75, 3.05) is 11.9 Å². The van der Waals surface area contributed by atoms with Crippen LogP contribution in [0.2, 0.25) is 0 Å². The number of nitrogens with one attached hydrogen (secondary N) is 2. The number of nitrogens with zero attached hydrogens (tertiary/aromatic N) is 1. The predicted molar refractivity (Wildman–Crippen MR) is 119 cm³/mol. The van der Waals surface area contributed by atoms with Gasteiger partial charge in [0, 0.05) is 19.0 Å². The van der Waals surface area contributed by atoms with Crippen molar-refractivity contribution in [2.45, 2.75) is 44.6 Å². The molecule has 4 N–H and O–H groups in total. The summed E-state index contributed by atoms with van der Waals surface area (Å²) in [6.45, 7) is 6.16. The molecule has 1 unspecified atom stereocenters. The number of sulfonamides is 1. The average molecular weight is 467 g/mol. The van der Waals surface area contributed by atoms with Crippen LogP contribution in [0.3, 0.4) is 0 Å². The normalized spacial score (nSPS) is 12.8. The number of halogens is 1. The fraction of sp³-hybridized carbons (Fsp3) is 0.381. The molecule has 2 aromatic rings. The summed E-state index contributed by atoms with van der Waals surface area (Å²) < 4.78 is 36.1. The molecule has 0 aromatic heterocycles. The van der Waals surface area contributed by atoms with E-state index in [1.54, 1.807) is 12.1 Å². The molecule has 9 nitrogen and oxygen atoms in total. The summed E-state index contributed by atoms with van der Waals surface area (Å²) in [5, 5.41) is 22.0. The number of nitro benzene ring substituents is 1. The highest BCUT2D eigenvalue weighted by molar-refractivity contribution is 7.89. The SMILES string of the molecule is CC(C)(C)CC(NC(=O)CCNc1ccc(S(N)(=O)=O)cc1[N+](=O)[O-])c1ccc(F)cc1. The summed E-state index contributed by atoms with van der Waals surface area (Å²) >= 11 is 0. The van der Waals surface area contributed by atoms with Gasteiger partial charge < -0.3 is 10.6 Å². The van der Waals surface area contributed by atoms with Crippen LogP contribution in [0, 0.1) is 21.3 Å². The second kappa shape index (κ2) is 10.0. The maximum Gasteiger partial charge on any atom is 0.293 e. The van der Waals surface area contributed by atoms with Gasteiger partial charge in [0.15, 0.2) is 0 Å². The number of rotatable bonds is 9. The predicted octanol–water partition coefficient (Wildman–Crippen LogP) is 3.48. The molecule has 0 aliphatic carbocycles. The highest BCUT2D eigenvalue weighted by Gasteiger charge is 2.23. The summed E-state index contributed by atoms with van der Waals surface area (Å²) in [7, 11) is -4.09. The second-order valence-electron chi connectivity index (χ2n) is 8.59. The summed E-state index contributed by atoms with van der Waals surface area (Å²) in [5.74, 6) is -0.659. The Bertz CT molecular complexity index is 1080. The molecule has 0 saturated heterocycles. The molecule has 1 amide bonds. The molecule has 0 heterocycles. The van der Waals surface area contributed by atoms with Crippen LogP contribution >= 0.6 is 0 Å². The number of amides is 1. The van der Waals surface area contributed by atoms with Crippen LogP contribution in [0.15, 0.2) is 47.4 Å². The first kappa shape index (κ1) is 25.2. The minimum Gasteiger partial charge on any atom is -0.379 e. The molecule has 32 heavy (non-hydrogen) atoms. The number of nitrogens with two attached hydrogens (primary N) is 1. The van der Waals surface area contributed by atoms with Gasteiger partial charge in [0.25, 0.3) is 5.69 Å². The van der Waals surface area contributed by atoms with Crippen molar-refractivity contribution in [3.05, 3.63) is 64.0 Å². The van der Waals surface area contributed by atoms with Gasteiger partial charge in [0.2, 0.25) is 15.9 Å². The number of anilines is 1. The first-order valence-electron chi connectivity index (χ1n) is 9.86. The lowest BCUT2D eigenvalue weighted by atomic mass is 9.85. The molecule has 0 aliphatic heterocycles. The largest absolute Gasteiger partial charge is 0.379 e. The van der Waals surface area contributed by atoms with Crippen LogP contribution in [0.1, 0.15) is 45.2 Å². The van der Waals surface area contributed by atoms with Crippen molar-refractivity contribution in [3.8, 4) is 0 Å². The molecule has 0 saturated carbocycles. The van der Waals surface area contributed by atoms with E-state index >= 15 is 0 Å². The van der Waals surface area contributed by atoms with Crippen molar-refractivity contribution in [3.63, 3.8) is 0 Å². The minimum atomic E-state index is -4.09. The molecular weight excluding hydrogens is 439 g/mol. The zero-order valence-corrected chi connectivity index (χ0v) is 18.9. The number of hydrogen-bond donors (Lipinski definition) is 3. The molecule has 174 valence electrons. The molecule has 0 spiro atoms. The Morgan fingerprint density at radius 1 is 1.19 bits per heavy atom. The summed E-state index contributed by atoms with van der Waals surface area (Å²) in [5.41, 5.74) is 0.279. The molecular formula is C21H27FN4O5S. The molecule has 2 aromatic carbocycles. The molecule has 0 aliphatic rings. The van der Waals surface area contributed by atoms with Crippen LogP contribution in [-0.4, -0.2) is 25.8 Å². The van der Waals surface area contributed by atoms with E-state index in [-0.39, 0.29) is 46.7 Å². The Morgan fingerprint density at radius 2 is 1.81 bits per heavy atom. The Kier molecular flexibility index (Phi) is 7.92. The number of carbonyl (C=O) groups excluding carboxylic acids is 1. The number of hydrogen-bond acceptors (Lipinski definition) is 6. The van der Waals surface area contributed by atoms with Gasteiger partial charge in [-0.05, 0) is 41.7 Å². The first-order valence-corrected chi connectivity index (χ1v) is 11.4. The average Bonchev–Trinajstić information content (AvgIpc) is 2.66. The Balaban J connectivity index is 2.06. The number of carbonyl (C=O) groups is 1. The van der Waals surface area contributed by atoms with Crippen LogP contribution < -0.4 is 15.8 Å². The van der Waals surface area contributed by atoms with E-state index in [2.05, 4.69) is 10.6 Å². The Morgan fingerprint density at radius 3 is 2.34 bits per heavy atom. The number of benzene rings is 2. The highest BCUT2D eigenvalue weighted by Crippen LogP contribution is 2.30. The van der Waals surface area contributed by atoms with Crippen molar-refractivity contribution in [1.29, 1.82) is 0 Å². The van der Waals surface area contributed by atoms with Crippen LogP contribution in [0.4, 0.5) is 15.8 Å². The van der Waals surface area contributed by atoms with Crippen LogP contribution in [0.5, 0.6) is 0 Å². The van der Waals surface area contributed by atoms with Crippen molar-refractivity contribution in [1.82, 2.24) is 5.32 Å². The van der Waals surface area contributed by atoms with Gasteiger partial charge in [-0.1, -0.05) is 32.9 Å². The van der Waals surface area contributed by atoms with Gasteiger partial charge >= 0.3 is 0 Å². The summed E-state index contributed by atoms with van der Waals surface area (Å²) in [6.07, 6.45) is 0.633. The Hall–Kier alpha value is -3.05. The van der Waals surface area contributed by atoms with Crippen LogP contribution in [0.25, 0.3) is 0 Å². The lowest BCUT2D eigenvalue weighted by Crippen LogP contribution is -2.32. The van der Waals surface area contributed by atoms with E-state index in [1.165, 1.54) is 18.2 Å². The van der Waals surface area contributed by atoms with Gasteiger partial charge in [-0.25, -0.2) is 17.9 Å². The summed E-state index contributed by atoms with van der Waals surface area (Å²) in [4.78, 5) is 22.7. The third-order valence-corrected chi connectivity index (χ3v) is 5.50. The monoisotopic (exact) mass is 466 g/mol. The zero-order chi connectivity index (χ0) is 24.1. The van der Waals surface area contributed by atoms with Crippen LogP contribution in [-0.2, 0) is 14.8 Å². The van der Waals surface area contributed by atoms with Gasteiger partial charge in [-0.3, -0.25) is 14.9 Å². The molecule has 0 radical (unpaired) electrons. The molecule has 1 atom stereocenters. The maximum absolute atomic E-state index is 13.3. The molecule has 0 fully saturated rings. The lowest BCUT2D eigenvalue weighted by molar-refractivity contribution is -0.384. The van der Waals surface area contributed by atoms with E-state index in [0.29, 0.717) is 6.42 Å². The van der Waals surface area contributed by atoms with E-state index in [9.17, 15) is 27.7 Å². The third-order valence-electron chi connectivity index (χ3n) is 4.59. The van der Waals surface area contributed by atoms with E-state index in [4.69, 9.17) is 5.14 Å². The second-order valence-corrected chi connectivity index (χ2v) is 10.2. The third kappa shape index (κ3) is 7.57. The topological polar surface area (TPSA) is 144 Å². The van der Waals surface area contributed by atoms with Gasteiger partial charge in [0.1, 0.15) is 11.5 Å². The molecule has 0 bridgehead atoms. The smallest absolute Gasteiger partial charge is 0.293 e. The fourth-order valence-electron chi connectivity index (χ4n) is 3.13. The van der Waals surface area contributed by atoms with Crippen molar-refractivity contribution >= 4 is 27.3 Å².